The van der Waals surface area contributed by atoms with Gasteiger partial charge in [0.25, 0.3) is 0 Å². The fraction of sp³-hybridized carbons (Fsp3) is 0.111. The lowest BCUT2D eigenvalue weighted by Crippen LogP contribution is -2.37. The van der Waals surface area contributed by atoms with E-state index in [1.807, 2.05) is 0 Å². The van der Waals surface area contributed by atoms with Gasteiger partial charge in [-0.3, -0.25) is 0 Å². The molecule has 0 spiro atoms. The SMILES string of the molecule is C[Si](C)(C1=C(c2ccccc2)c2ccccc2C1)C1C=C(c2ccccc2)c2c1ccc1ccccc21. The van der Waals surface area contributed by atoms with Crippen molar-refractivity contribution >= 4 is 30.0 Å². The summed E-state index contributed by atoms with van der Waals surface area (Å²) in [4.78, 5) is 0. The number of allylic oxidation sites excluding steroid dienone is 2. The van der Waals surface area contributed by atoms with Crippen LogP contribution < -0.4 is 0 Å². The summed E-state index contributed by atoms with van der Waals surface area (Å²) in [5.74, 6) is 0. The Hall–Kier alpha value is -3.94. The van der Waals surface area contributed by atoms with Crippen molar-refractivity contribution in [3.8, 4) is 0 Å². The summed E-state index contributed by atoms with van der Waals surface area (Å²) in [5.41, 5.74) is 11.8. The topological polar surface area (TPSA) is 0 Å². The van der Waals surface area contributed by atoms with E-state index in [9.17, 15) is 0 Å². The molecule has 0 N–H and O–H groups in total. The highest BCUT2D eigenvalue weighted by Crippen LogP contribution is 2.51. The fourth-order valence-corrected chi connectivity index (χ4v) is 10.2. The predicted molar refractivity (Wildman–Crippen MR) is 160 cm³/mol. The highest BCUT2D eigenvalue weighted by atomic mass is 28.3. The molecule has 0 radical (unpaired) electrons. The Morgan fingerprint density at radius 3 is 2.05 bits per heavy atom. The van der Waals surface area contributed by atoms with Crippen molar-refractivity contribution in [2.45, 2.75) is 25.1 Å². The van der Waals surface area contributed by atoms with E-state index in [1.165, 1.54) is 55.3 Å². The van der Waals surface area contributed by atoms with Crippen LogP contribution in [0, 0.1) is 0 Å². The maximum Gasteiger partial charge on any atom is 0.0882 e. The van der Waals surface area contributed by atoms with Gasteiger partial charge in [0.2, 0.25) is 0 Å². The Kier molecular flexibility index (Phi) is 5.16. The van der Waals surface area contributed by atoms with Crippen LogP contribution in [-0.2, 0) is 6.42 Å². The van der Waals surface area contributed by atoms with Crippen molar-refractivity contribution < 1.29 is 0 Å². The van der Waals surface area contributed by atoms with Gasteiger partial charge in [0.1, 0.15) is 0 Å². The molecule has 1 atom stereocenters. The van der Waals surface area contributed by atoms with Gasteiger partial charge in [-0.05, 0) is 61.7 Å². The van der Waals surface area contributed by atoms with Gasteiger partial charge in [-0.1, -0.05) is 146 Å². The first-order valence-corrected chi connectivity index (χ1v) is 16.4. The van der Waals surface area contributed by atoms with Gasteiger partial charge in [-0.25, -0.2) is 0 Å². The molecule has 0 saturated carbocycles. The molecule has 0 fully saturated rings. The Morgan fingerprint density at radius 2 is 1.27 bits per heavy atom. The molecule has 0 aliphatic heterocycles. The Morgan fingerprint density at radius 1 is 0.622 bits per heavy atom. The summed E-state index contributed by atoms with van der Waals surface area (Å²) in [7, 11) is -1.99. The minimum atomic E-state index is -1.99. The number of benzene rings is 5. The average Bonchev–Trinajstić information content (AvgIpc) is 3.55. The van der Waals surface area contributed by atoms with E-state index in [4.69, 9.17) is 0 Å². The minimum absolute atomic E-state index is 0.422. The van der Waals surface area contributed by atoms with Gasteiger partial charge in [0, 0.05) is 5.54 Å². The van der Waals surface area contributed by atoms with Crippen LogP contribution >= 0.6 is 0 Å². The normalized spacial score (nSPS) is 16.6. The molecule has 0 heterocycles. The van der Waals surface area contributed by atoms with Crippen molar-refractivity contribution in [3.63, 3.8) is 0 Å². The molecule has 5 aromatic carbocycles. The van der Waals surface area contributed by atoms with E-state index in [0.717, 1.165) is 6.42 Å². The van der Waals surface area contributed by atoms with Crippen molar-refractivity contribution in [1.29, 1.82) is 0 Å². The summed E-state index contributed by atoms with van der Waals surface area (Å²) in [6, 6.07) is 44.8. The molecule has 7 rings (SSSR count). The van der Waals surface area contributed by atoms with Crippen molar-refractivity contribution in [3.05, 3.63) is 166 Å². The van der Waals surface area contributed by atoms with Crippen LogP contribution in [0.15, 0.2) is 133 Å². The molecule has 0 nitrogen and oxygen atoms in total. The second kappa shape index (κ2) is 8.57. The Labute approximate surface area is 220 Å². The molecule has 0 amide bonds. The molecule has 0 saturated heterocycles. The van der Waals surface area contributed by atoms with Gasteiger partial charge in [-0.2, -0.15) is 0 Å². The second-order valence-electron chi connectivity index (χ2n) is 11.0. The highest BCUT2D eigenvalue weighted by Gasteiger charge is 2.43. The molecule has 37 heavy (non-hydrogen) atoms. The van der Waals surface area contributed by atoms with E-state index in [2.05, 4.69) is 140 Å². The van der Waals surface area contributed by atoms with Crippen molar-refractivity contribution in [1.82, 2.24) is 0 Å². The van der Waals surface area contributed by atoms with Gasteiger partial charge >= 0.3 is 0 Å². The maximum atomic E-state index is 2.62. The van der Waals surface area contributed by atoms with Crippen LogP contribution in [0.3, 0.4) is 0 Å². The van der Waals surface area contributed by atoms with Crippen LogP contribution in [0.5, 0.6) is 0 Å². The molecule has 2 aliphatic carbocycles. The molecule has 1 heteroatoms. The summed E-state index contributed by atoms with van der Waals surface area (Å²) in [6.07, 6.45) is 3.69. The summed E-state index contributed by atoms with van der Waals surface area (Å²) in [6.45, 7) is 5.20. The van der Waals surface area contributed by atoms with Crippen molar-refractivity contribution in [2.24, 2.45) is 0 Å². The molecule has 5 aromatic rings. The summed E-state index contributed by atoms with van der Waals surface area (Å²) in [5, 5.41) is 4.37. The maximum absolute atomic E-state index is 2.62. The molecule has 0 bridgehead atoms. The van der Waals surface area contributed by atoms with E-state index < -0.39 is 8.07 Å². The van der Waals surface area contributed by atoms with Gasteiger partial charge < -0.3 is 0 Å². The first kappa shape index (κ1) is 22.3. The molecular formula is C36H30Si. The highest BCUT2D eigenvalue weighted by molar-refractivity contribution is 6.87. The minimum Gasteiger partial charge on any atom is -0.0709 e. The summed E-state index contributed by atoms with van der Waals surface area (Å²) >= 11 is 0. The number of hydrogen-bond acceptors (Lipinski definition) is 0. The fourth-order valence-electron chi connectivity index (χ4n) is 6.68. The predicted octanol–water partition coefficient (Wildman–Crippen LogP) is 9.21. The monoisotopic (exact) mass is 490 g/mol. The third-order valence-corrected chi connectivity index (χ3v) is 12.6. The molecule has 0 aromatic heterocycles. The molecule has 178 valence electrons. The van der Waals surface area contributed by atoms with Crippen LogP contribution in [0.2, 0.25) is 13.1 Å². The third kappa shape index (κ3) is 3.49. The van der Waals surface area contributed by atoms with Crippen LogP contribution in [0.4, 0.5) is 0 Å². The van der Waals surface area contributed by atoms with E-state index in [0.29, 0.717) is 5.54 Å². The van der Waals surface area contributed by atoms with E-state index in [1.54, 1.807) is 5.20 Å². The van der Waals surface area contributed by atoms with Crippen LogP contribution in [0.25, 0.3) is 21.9 Å². The van der Waals surface area contributed by atoms with Gasteiger partial charge in [0.05, 0.1) is 8.07 Å². The largest absolute Gasteiger partial charge is 0.0882 e. The van der Waals surface area contributed by atoms with Crippen LogP contribution in [-0.4, -0.2) is 8.07 Å². The quantitative estimate of drug-likeness (QED) is 0.220. The Bertz CT molecular complexity index is 1700. The Balaban J connectivity index is 1.47. The first-order chi connectivity index (χ1) is 18.1. The lowest BCUT2D eigenvalue weighted by molar-refractivity contribution is 1.14. The lowest BCUT2D eigenvalue weighted by atomic mass is 9.94. The standard InChI is InChI=1S/C36H30Si/c1-37(2,34-23-28-18-10-12-20-30(28)35(34)27-16-7-4-8-17-27)33-24-32(25-13-5-3-6-14-25)36-29-19-11-9-15-26(29)21-22-31(33)36/h3-22,24,33H,23H2,1-2H3. The molecule has 2 aliphatic rings. The molecular weight excluding hydrogens is 460 g/mol. The third-order valence-electron chi connectivity index (χ3n) is 8.56. The lowest BCUT2D eigenvalue weighted by Gasteiger charge is -2.33. The van der Waals surface area contributed by atoms with Crippen molar-refractivity contribution in [2.75, 3.05) is 0 Å². The summed E-state index contributed by atoms with van der Waals surface area (Å²) < 4.78 is 0. The average molecular weight is 491 g/mol. The zero-order valence-corrected chi connectivity index (χ0v) is 22.4. The number of rotatable bonds is 4. The number of hydrogen-bond donors (Lipinski definition) is 0. The van der Waals surface area contributed by atoms with E-state index in [-0.39, 0.29) is 0 Å². The number of fused-ring (bicyclic) bond motifs is 4. The zero-order chi connectivity index (χ0) is 25.0. The van der Waals surface area contributed by atoms with Gasteiger partial charge in [0.15, 0.2) is 0 Å². The smallest absolute Gasteiger partial charge is 0.0709 e. The molecule has 1 unspecified atom stereocenters. The van der Waals surface area contributed by atoms with Crippen LogP contribution in [0.1, 0.15) is 38.9 Å². The zero-order valence-electron chi connectivity index (χ0n) is 21.4. The first-order valence-electron chi connectivity index (χ1n) is 13.3. The second-order valence-corrected chi connectivity index (χ2v) is 15.6. The van der Waals surface area contributed by atoms with Gasteiger partial charge in [-0.15, -0.1) is 0 Å². The van der Waals surface area contributed by atoms with E-state index >= 15 is 0 Å².